The van der Waals surface area contributed by atoms with E-state index in [-0.39, 0.29) is 17.8 Å². The maximum atomic E-state index is 13.9. The molecule has 2 heterocycles. The van der Waals surface area contributed by atoms with Gasteiger partial charge >= 0.3 is 0 Å². The van der Waals surface area contributed by atoms with Crippen molar-refractivity contribution in [1.82, 2.24) is 9.78 Å². The number of anilines is 1. The summed E-state index contributed by atoms with van der Waals surface area (Å²) >= 11 is 0. The van der Waals surface area contributed by atoms with Crippen molar-refractivity contribution < 1.29 is 13.9 Å². The highest BCUT2D eigenvalue weighted by molar-refractivity contribution is 6.06. The van der Waals surface area contributed by atoms with Crippen LogP contribution in [0.3, 0.4) is 0 Å². The van der Waals surface area contributed by atoms with Gasteiger partial charge in [-0.3, -0.25) is 4.79 Å². The van der Waals surface area contributed by atoms with Crippen molar-refractivity contribution in [2.24, 2.45) is 0 Å². The molecule has 1 atom stereocenters. The van der Waals surface area contributed by atoms with Gasteiger partial charge in [-0.05, 0) is 57.7 Å². The lowest BCUT2D eigenvalue weighted by Crippen LogP contribution is -2.21. The van der Waals surface area contributed by atoms with Crippen LogP contribution in [0.15, 0.2) is 18.2 Å². The zero-order valence-corrected chi connectivity index (χ0v) is 14.2. The minimum absolute atomic E-state index is 0.130. The third-order valence-electron chi connectivity index (χ3n) is 4.35. The normalized spacial score (nSPS) is 17.8. The van der Waals surface area contributed by atoms with Crippen molar-refractivity contribution in [2.75, 3.05) is 11.9 Å². The van der Waals surface area contributed by atoms with Gasteiger partial charge in [0.2, 0.25) is 0 Å². The average molecular weight is 331 g/mol. The first-order valence-electron chi connectivity index (χ1n) is 8.22. The summed E-state index contributed by atoms with van der Waals surface area (Å²) in [6.45, 7) is 6.19. The molecule has 2 aromatic rings. The Balaban J connectivity index is 1.87. The average Bonchev–Trinajstić information content (AvgIpc) is 2.86. The van der Waals surface area contributed by atoms with Crippen LogP contribution in [0.5, 0.6) is 0 Å². The Bertz CT molecular complexity index is 764. The predicted octanol–water partition coefficient (Wildman–Crippen LogP) is 3.90. The number of amides is 1. The van der Waals surface area contributed by atoms with Gasteiger partial charge in [0.15, 0.2) is 0 Å². The highest BCUT2D eigenvalue weighted by Crippen LogP contribution is 2.26. The van der Waals surface area contributed by atoms with E-state index in [9.17, 15) is 9.18 Å². The van der Waals surface area contributed by atoms with Gasteiger partial charge in [0.1, 0.15) is 12.0 Å². The third-order valence-corrected chi connectivity index (χ3v) is 4.35. The van der Waals surface area contributed by atoms with Crippen LogP contribution in [0, 0.1) is 26.6 Å². The van der Waals surface area contributed by atoms with Crippen LogP contribution >= 0.6 is 0 Å². The number of rotatable bonds is 3. The number of hydrogen-bond acceptors (Lipinski definition) is 3. The smallest absolute Gasteiger partial charge is 0.259 e. The number of hydrogen-bond donors (Lipinski definition) is 1. The van der Waals surface area contributed by atoms with Crippen LogP contribution in [-0.2, 0) is 4.74 Å². The summed E-state index contributed by atoms with van der Waals surface area (Å²) in [6.07, 6.45) is 2.89. The van der Waals surface area contributed by atoms with Crippen molar-refractivity contribution in [3.05, 3.63) is 46.5 Å². The molecule has 1 amide bonds. The first kappa shape index (κ1) is 16.6. The van der Waals surface area contributed by atoms with Crippen molar-refractivity contribution in [3.63, 3.8) is 0 Å². The van der Waals surface area contributed by atoms with E-state index in [2.05, 4.69) is 10.4 Å². The van der Waals surface area contributed by atoms with Crippen LogP contribution in [0.4, 0.5) is 10.1 Å². The number of ether oxygens (including phenoxy) is 1. The summed E-state index contributed by atoms with van der Waals surface area (Å²) < 4.78 is 21.4. The Hall–Kier alpha value is -2.21. The van der Waals surface area contributed by atoms with E-state index < -0.39 is 5.82 Å². The maximum absolute atomic E-state index is 13.9. The Labute approximate surface area is 140 Å². The van der Waals surface area contributed by atoms with E-state index in [0.717, 1.165) is 30.5 Å². The van der Waals surface area contributed by atoms with Crippen LogP contribution in [-0.4, -0.2) is 22.3 Å². The second-order valence-corrected chi connectivity index (χ2v) is 6.25. The summed E-state index contributed by atoms with van der Waals surface area (Å²) in [5, 5.41) is 7.13. The quantitative estimate of drug-likeness (QED) is 0.928. The standard InChI is InChI=1S/C18H22FN3O2/c1-11-7-8-14(19)15(10-11)20-18(23)17-12(2)21-22(13(17)3)16-6-4-5-9-24-16/h7-8,10,16H,4-6,9H2,1-3H3,(H,20,23). The molecule has 1 aromatic carbocycles. The van der Waals surface area contributed by atoms with E-state index in [4.69, 9.17) is 4.74 Å². The van der Waals surface area contributed by atoms with Gasteiger partial charge in [0.05, 0.1) is 22.6 Å². The largest absolute Gasteiger partial charge is 0.357 e. The monoisotopic (exact) mass is 331 g/mol. The lowest BCUT2D eigenvalue weighted by molar-refractivity contribution is -0.0408. The fraction of sp³-hybridized carbons (Fsp3) is 0.444. The highest BCUT2D eigenvalue weighted by Gasteiger charge is 2.25. The predicted molar refractivity (Wildman–Crippen MR) is 89.6 cm³/mol. The summed E-state index contributed by atoms with van der Waals surface area (Å²) in [5.41, 5.74) is 2.90. The van der Waals surface area contributed by atoms with Crippen molar-refractivity contribution in [2.45, 2.75) is 46.3 Å². The van der Waals surface area contributed by atoms with Gasteiger partial charge in [-0.25, -0.2) is 9.07 Å². The molecule has 1 fully saturated rings. The Morgan fingerprint density at radius 2 is 2.12 bits per heavy atom. The Morgan fingerprint density at radius 3 is 2.83 bits per heavy atom. The molecule has 6 heteroatoms. The number of aromatic nitrogens is 2. The second-order valence-electron chi connectivity index (χ2n) is 6.25. The Kier molecular flexibility index (Phi) is 4.66. The van der Waals surface area contributed by atoms with Crippen LogP contribution in [0.25, 0.3) is 0 Å². The molecule has 5 nitrogen and oxygen atoms in total. The third kappa shape index (κ3) is 3.19. The molecule has 1 unspecified atom stereocenters. The molecule has 3 rings (SSSR count). The summed E-state index contributed by atoms with van der Waals surface area (Å²) in [5.74, 6) is -0.802. The van der Waals surface area contributed by atoms with E-state index >= 15 is 0 Å². The first-order chi connectivity index (χ1) is 11.5. The van der Waals surface area contributed by atoms with Gasteiger partial charge in [-0.2, -0.15) is 5.10 Å². The molecule has 1 saturated heterocycles. The van der Waals surface area contributed by atoms with E-state index in [0.29, 0.717) is 17.9 Å². The summed E-state index contributed by atoms with van der Waals surface area (Å²) in [6, 6.07) is 4.64. The molecule has 24 heavy (non-hydrogen) atoms. The van der Waals surface area contributed by atoms with Gasteiger partial charge in [0, 0.05) is 6.61 Å². The van der Waals surface area contributed by atoms with Crippen LogP contribution < -0.4 is 5.32 Å². The fourth-order valence-corrected chi connectivity index (χ4v) is 3.11. The maximum Gasteiger partial charge on any atom is 0.259 e. The van der Waals surface area contributed by atoms with Crippen molar-refractivity contribution in [3.8, 4) is 0 Å². The molecule has 0 radical (unpaired) electrons. The number of nitrogens with zero attached hydrogens (tertiary/aromatic N) is 2. The highest BCUT2D eigenvalue weighted by atomic mass is 19.1. The molecule has 1 aliphatic heterocycles. The topological polar surface area (TPSA) is 56.2 Å². The molecule has 1 aliphatic rings. The zero-order chi connectivity index (χ0) is 17.3. The fourth-order valence-electron chi connectivity index (χ4n) is 3.11. The Morgan fingerprint density at radius 1 is 1.33 bits per heavy atom. The molecule has 128 valence electrons. The van der Waals surface area contributed by atoms with E-state index in [1.807, 2.05) is 13.8 Å². The number of nitrogens with one attached hydrogen (secondary N) is 1. The molecule has 0 bridgehead atoms. The summed E-state index contributed by atoms with van der Waals surface area (Å²) in [4.78, 5) is 12.6. The minimum atomic E-state index is -0.452. The van der Waals surface area contributed by atoms with Gasteiger partial charge in [-0.1, -0.05) is 6.07 Å². The van der Waals surface area contributed by atoms with Gasteiger partial charge in [-0.15, -0.1) is 0 Å². The zero-order valence-electron chi connectivity index (χ0n) is 14.2. The summed E-state index contributed by atoms with van der Waals surface area (Å²) in [7, 11) is 0. The van der Waals surface area contributed by atoms with Crippen LogP contribution in [0.2, 0.25) is 0 Å². The molecule has 0 aliphatic carbocycles. The van der Waals surface area contributed by atoms with E-state index in [1.54, 1.807) is 23.7 Å². The number of carbonyl (C=O) groups is 1. The second kappa shape index (κ2) is 6.73. The number of aryl methyl sites for hydroxylation is 2. The molecule has 1 N–H and O–H groups in total. The molecule has 0 saturated carbocycles. The molecule has 1 aromatic heterocycles. The van der Waals surface area contributed by atoms with Gasteiger partial charge < -0.3 is 10.1 Å². The van der Waals surface area contributed by atoms with Gasteiger partial charge in [0.25, 0.3) is 5.91 Å². The van der Waals surface area contributed by atoms with E-state index in [1.165, 1.54) is 6.07 Å². The number of halogens is 1. The van der Waals surface area contributed by atoms with Crippen molar-refractivity contribution >= 4 is 11.6 Å². The molecular formula is C18H22FN3O2. The molecule has 0 spiro atoms. The number of carbonyl (C=O) groups excluding carboxylic acids is 1. The van der Waals surface area contributed by atoms with Crippen LogP contribution in [0.1, 0.15) is 52.8 Å². The first-order valence-corrected chi connectivity index (χ1v) is 8.22. The lowest BCUT2D eigenvalue weighted by Gasteiger charge is -2.24. The molecular weight excluding hydrogens is 309 g/mol. The lowest BCUT2D eigenvalue weighted by atomic mass is 10.1. The van der Waals surface area contributed by atoms with Crippen molar-refractivity contribution in [1.29, 1.82) is 0 Å². The number of benzene rings is 1. The minimum Gasteiger partial charge on any atom is -0.357 e. The SMILES string of the molecule is Cc1ccc(F)c(NC(=O)c2c(C)nn(C3CCCCO3)c2C)c1.